The number of aryl methyl sites for hydroxylation is 2. The lowest BCUT2D eigenvalue weighted by Gasteiger charge is -2.07. The molecule has 0 bridgehead atoms. The van der Waals surface area contributed by atoms with E-state index in [1.54, 1.807) is 18.2 Å². The van der Waals surface area contributed by atoms with E-state index in [4.69, 9.17) is 0 Å². The Labute approximate surface area is 187 Å². The fourth-order valence-corrected chi connectivity index (χ4v) is 4.04. The van der Waals surface area contributed by atoms with Crippen molar-refractivity contribution in [1.82, 2.24) is 25.8 Å². The molecule has 32 heavy (non-hydrogen) atoms. The number of benzene rings is 2. The number of nitrogens with one attached hydrogen (secondary N) is 3. The van der Waals surface area contributed by atoms with Crippen molar-refractivity contribution in [1.29, 1.82) is 0 Å². The molecule has 0 aliphatic rings. The highest BCUT2D eigenvalue weighted by molar-refractivity contribution is 7.98. The van der Waals surface area contributed by atoms with Crippen LogP contribution in [0.3, 0.4) is 0 Å². The average molecular weight is 450 g/mol. The van der Waals surface area contributed by atoms with Crippen molar-refractivity contribution in [2.45, 2.75) is 24.8 Å². The first-order valence-corrected chi connectivity index (χ1v) is 10.8. The normalized spacial score (nSPS) is 10.8. The minimum atomic E-state index is -0.531. The topological polar surface area (TPSA) is 99.8 Å². The summed E-state index contributed by atoms with van der Waals surface area (Å²) in [6.45, 7) is 3.87. The van der Waals surface area contributed by atoms with Crippen molar-refractivity contribution in [3.8, 4) is 0 Å². The molecule has 0 aliphatic heterocycles. The van der Waals surface area contributed by atoms with E-state index in [1.807, 2.05) is 32.0 Å². The van der Waals surface area contributed by atoms with Crippen LogP contribution >= 0.6 is 11.8 Å². The van der Waals surface area contributed by atoms with Gasteiger partial charge in [0.25, 0.3) is 11.8 Å². The summed E-state index contributed by atoms with van der Waals surface area (Å²) < 4.78 is 13.3. The summed E-state index contributed by atoms with van der Waals surface area (Å²) in [5.74, 6) is -0.698. The highest BCUT2D eigenvalue weighted by Crippen LogP contribution is 2.20. The molecule has 3 N–H and O–H groups in total. The van der Waals surface area contributed by atoms with Gasteiger partial charge < -0.3 is 4.98 Å². The van der Waals surface area contributed by atoms with Crippen LogP contribution < -0.4 is 10.9 Å². The smallest absolute Gasteiger partial charge is 0.286 e. The van der Waals surface area contributed by atoms with Gasteiger partial charge in [-0.25, -0.2) is 14.4 Å². The number of fused-ring (bicyclic) bond motifs is 1. The lowest BCUT2D eigenvalue weighted by molar-refractivity contribution is 0.0844. The number of thioether (sulfide) groups is 1. The molecule has 2 amide bonds. The maximum absolute atomic E-state index is 13.3. The molecule has 0 unspecified atom stereocenters. The Morgan fingerprint density at radius 3 is 2.34 bits per heavy atom. The van der Waals surface area contributed by atoms with Crippen LogP contribution in [0.5, 0.6) is 0 Å². The van der Waals surface area contributed by atoms with Crippen LogP contribution in [0.25, 0.3) is 10.9 Å². The number of aromatic nitrogens is 3. The summed E-state index contributed by atoms with van der Waals surface area (Å²) in [4.78, 5) is 36.3. The predicted octanol–water partition coefficient (Wildman–Crippen LogP) is 4.08. The zero-order valence-electron chi connectivity index (χ0n) is 17.4. The van der Waals surface area contributed by atoms with Gasteiger partial charge in [-0.3, -0.25) is 20.4 Å². The van der Waals surface area contributed by atoms with E-state index in [-0.39, 0.29) is 11.5 Å². The molecule has 0 fully saturated rings. The van der Waals surface area contributed by atoms with Gasteiger partial charge in [-0.1, -0.05) is 23.9 Å². The largest absolute Gasteiger partial charge is 0.350 e. The number of hydrogen-bond acceptors (Lipinski definition) is 5. The van der Waals surface area contributed by atoms with Gasteiger partial charge in [0, 0.05) is 33.6 Å². The van der Waals surface area contributed by atoms with Crippen LogP contribution in [0.15, 0.2) is 59.8 Å². The Hall–Kier alpha value is -3.72. The van der Waals surface area contributed by atoms with Crippen LogP contribution in [-0.4, -0.2) is 26.8 Å². The monoisotopic (exact) mass is 449 g/mol. The molecular formula is C23H20FN5O2S. The summed E-state index contributed by atoms with van der Waals surface area (Å²) >= 11 is 1.52. The van der Waals surface area contributed by atoms with Gasteiger partial charge in [0.1, 0.15) is 11.5 Å². The van der Waals surface area contributed by atoms with Crippen molar-refractivity contribution in [3.05, 3.63) is 88.6 Å². The third kappa shape index (κ3) is 5.12. The number of rotatable bonds is 5. The van der Waals surface area contributed by atoms with Crippen molar-refractivity contribution < 1.29 is 14.0 Å². The second-order valence-electron chi connectivity index (χ2n) is 7.24. The number of carbonyl (C=O) groups excluding carboxylic acids is 2. The molecule has 0 saturated carbocycles. The lowest BCUT2D eigenvalue weighted by Crippen LogP contribution is -2.41. The Balaban J connectivity index is 1.32. The van der Waals surface area contributed by atoms with Crippen molar-refractivity contribution in [2.24, 2.45) is 0 Å². The molecule has 2 aromatic carbocycles. The lowest BCUT2D eigenvalue weighted by atomic mass is 10.1. The summed E-state index contributed by atoms with van der Waals surface area (Å²) in [5, 5.41) is 1.29. The van der Waals surface area contributed by atoms with Gasteiger partial charge in [-0.2, -0.15) is 0 Å². The second-order valence-corrected chi connectivity index (χ2v) is 8.18. The third-order valence-corrected chi connectivity index (χ3v) is 5.58. The van der Waals surface area contributed by atoms with Crippen LogP contribution in [0.1, 0.15) is 37.8 Å². The maximum Gasteiger partial charge on any atom is 0.286 e. The average Bonchev–Trinajstić information content (AvgIpc) is 3.19. The highest BCUT2D eigenvalue weighted by atomic mass is 32.2. The van der Waals surface area contributed by atoms with Crippen molar-refractivity contribution in [3.63, 3.8) is 0 Å². The molecule has 4 aromatic rings. The van der Waals surface area contributed by atoms with Gasteiger partial charge in [-0.05, 0) is 61.9 Å². The SMILES string of the molecule is Cc1cc(C)nc(SCc2ccc(C(=O)NNC(=O)c3cc4cc(F)ccc4[nH]3)cc2)n1. The van der Waals surface area contributed by atoms with Crippen molar-refractivity contribution in [2.75, 3.05) is 0 Å². The first-order valence-electron chi connectivity index (χ1n) is 9.80. The molecule has 0 aliphatic carbocycles. The number of hydrazine groups is 1. The fraction of sp³-hybridized carbons (Fsp3) is 0.130. The summed E-state index contributed by atoms with van der Waals surface area (Å²) in [6, 6.07) is 14.7. The third-order valence-electron chi connectivity index (χ3n) is 4.66. The summed E-state index contributed by atoms with van der Waals surface area (Å²) in [5.41, 5.74) is 8.86. The van der Waals surface area contributed by atoms with E-state index in [9.17, 15) is 14.0 Å². The zero-order valence-corrected chi connectivity index (χ0v) is 18.2. The number of aromatic amines is 1. The van der Waals surface area contributed by atoms with Gasteiger partial charge in [0.15, 0.2) is 5.16 Å². The molecule has 2 heterocycles. The molecular weight excluding hydrogens is 429 g/mol. The van der Waals surface area contributed by atoms with E-state index >= 15 is 0 Å². The van der Waals surface area contributed by atoms with Crippen LogP contribution in [0.4, 0.5) is 4.39 Å². The molecule has 0 radical (unpaired) electrons. The van der Waals surface area contributed by atoms with E-state index in [0.29, 0.717) is 27.4 Å². The van der Waals surface area contributed by atoms with Gasteiger partial charge >= 0.3 is 0 Å². The Bertz CT molecular complexity index is 1280. The number of amides is 2. The molecule has 0 atom stereocenters. The van der Waals surface area contributed by atoms with E-state index < -0.39 is 11.8 Å². The van der Waals surface area contributed by atoms with Crippen LogP contribution in [0, 0.1) is 19.7 Å². The molecule has 4 rings (SSSR count). The minimum absolute atomic E-state index is 0.215. The van der Waals surface area contributed by atoms with Gasteiger partial charge in [0.05, 0.1) is 0 Å². The standard InChI is InChI=1S/C23H20FN5O2S/c1-13-9-14(2)26-23(25-13)32-12-15-3-5-16(6-4-15)21(30)28-29-22(31)20-11-17-10-18(24)7-8-19(17)27-20/h3-11,27H,12H2,1-2H3,(H,28,30)(H,29,31). The maximum atomic E-state index is 13.3. The molecule has 162 valence electrons. The van der Waals surface area contributed by atoms with E-state index in [0.717, 1.165) is 17.0 Å². The van der Waals surface area contributed by atoms with Crippen LogP contribution in [0.2, 0.25) is 0 Å². The minimum Gasteiger partial charge on any atom is -0.350 e. The number of halogens is 1. The van der Waals surface area contributed by atoms with E-state index in [1.165, 1.54) is 30.0 Å². The molecule has 7 nitrogen and oxygen atoms in total. The van der Waals surface area contributed by atoms with E-state index in [2.05, 4.69) is 25.8 Å². The quantitative estimate of drug-likeness (QED) is 0.242. The first-order chi connectivity index (χ1) is 15.4. The number of carbonyl (C=O) groups is 2. The molecule has 0 spiro atoms. The Morgan fingerprint density at radius 1 is 0.938 bits per heavy atom. The second kappa shape index (κ2) is 9.19. The Kier molecular flexibility index (Phi) is 6.18. The molecule has 0 saturated heterocycles. The van der Waals surface area contributed by atoms with Crippen molar-refractivity contribution >= 4 is 34.5 Å². The molecule has 9 heteroatoms. The summed E-state index contributed by atoms with van der Waals surface area (Å²) in [7, 11) is 0. The predicted molar refractivity (Wildman–Crippen MR) is 121 cm³/mol. The van der Waals surface area contributed by atoms with Gasteiger partial charge in [-0.15, -0.1) is 0 Å². The number of H-pyrrole nitrogens is 1. The first kappa shape index (κ1) is 21.5. The molecule has 2 aromatic heterocycles. The van der Waals surface area contributed by atoms with Gasteiger partial charge in [0.2, 0.25) is 0 Å². The zero-order chi connectivity index (χ0) is 22.7. The number of hydrogen-bond donors (Lipinski definition) is 3. The van der Waals surface area contributed by atoms with Crippen LogP contribution in [-0.2, 0) is 5.75 Å². The number of nitrogens with zero attached hydrogens (tertiary/aromatic N) is 2. The Morgan fingerprint density at radius 2 is 1.62 bits per heavy atom. The highest BCUT2D eigenvalue weighted by Gasteiger charge is 2.12. The fourth-order valence-electron chi connectivity index (χ4n) is 3.14. The summed E-state index contributed by atoms with van der Waals surface area (Å²) in [6.07, 6.45) is 0.